The Morgan fingerprint density at radius 3 is 2.72 bits per heavy atom. The van der Waals surface area contributed by atoms with E-state index in [-0.39, 0.29) is 0 Å². The van der Waals surface area contributed by atoms with Gasteiger partial charge < -0.3 is 10.1 Å². The van der Waals surface area contributed by atoms with Crippen LogP contribution >= 0.6 is 0 Å². The van der Waals surface area contributed by atoms with Crippen LogP contribution < -0.4 is 5.32 Å². The van der Waals surface area contributed by atoms with Crippen molar-refractivity contribution in [2.75, 3.05) is 19.0 Å². The molecule has 0 saturated heterocycles. The lowest BCUT2D eigenvalue weighted by molar-refractivity contribution is 0.185. The van der Waals surface area contributed by atoms with Gasteiger partial charge in [-0.2, -0.15) is 0 Å². The molecule has 1 fully saturated rings. The van der Waals surface area contributed by atoms with Crippen molar-refractivity contribution in [2.45, 2.75) is 39.2 Å². The third-order valence-electron chi connectivity index (χ3n) is 3.97. The second kappa shape index (κ2) is 6.79. The van der Waals surface area contributed by atoms with E-state index in [1.54, 1.807) is 7.11 Å². The summed E-state index contributed by atoms with van der Waals surface area (Å²) < 4.78 is 5.16. The number of methoxy groups -OCH3 is 1. The van der Waals surface area contributed by atoms with Crippen LogP contribution in [0, 0.1) is 11.8 Å². The fourth-order valence-electron chi connectivity index (χ4n) is 2.73. The fourth-order valence-corrected chi connectivity index (χ4v) is 2.73. The van der Waals surface area contributed by atoms with E-state index >= 15 is 0 Å². The molecule has 0 aromatic heterocycles. The SMILES string of the molecule is COCc1cccc(NCC2CCC(C)CC2)c1. The van der Waals surface area contributed by atoms with Crippen LogP contribution in [-0.2, 0) is 11.3 Å². The quantitative estimate of drug-likeness (QED) is 0.846. The van der Waals surface area contributed by atoms with Crippen LogP contribution in [0.15, 0.2) is 24.3 Å². The van der Waals surface area contributed by atoms with Crippen LogP contribution in [0.25, 0.3) is 0 Å². The number of hydrogen-bond donors (Lipinski definition) is 1. The molecule has 0 heterocycles. The number of nitrogens with one attached hydrogen (secondary N) is 1. The molecule has 0 aliphatic heterocycles. The van der Waals surface area contributed by atoms with Gasteiger partial charge in [0.2, 0.25) is 0 Å². The van der Waals surface area contributed by atoms with Crippen LogP contribution in [0.4, 0.5) is 5.69 Å². The van der Waals surface area contributed by atoms with Crippen molar-refractivity contribution < 1.29 is 4.74 Å². The molecule has 1 N–H and O–H groups in total. The molecule has 0 bridgehead atoms. The molecule has 1 aromatic rings. The van der Waals surface area contributed by atoms with E-state index < -0.39 is 0 Å². The normalized spacial score (nSPS) is 23.9. The van der Waals surface area contributed by atoms with Gasteiger partial charge in [-0.3, -0.25) is 0 Å². The van der Waals surface area contributed by atoms with Gasteiger partial charge in [-0.05, 0) is 42.4 Å². The minimum absolute atomic E-state index is 0.691. The van der Waals surface area contributed by atoms with Crippen LogP contribution in [0.5, 0.6) is 0 Å². The Morgan fingerprint density at radius 2 is 2.00 bits per heavy atom. The zero-order valence-corrected chi connectivity index (χ0v) is 11.6. The standard InChI is InChI=1S/C16H25NO/c1-13-6-8-14(9-7-13)11-17-16-5-3-4-15(10-16)12-18-2/h3-5,10,13-14,17H,6-9,11-12H2,1-2H3. The molecule has 0 atom stereocenters. The molecule has 0 amide bonds. The molecule has 1 aliphatic rings. The highest BCUT2D eigenvalue weighted by molar-refractivity contribution is 5.45. The molecule has 2 nitrogen and oxygen atoms in total. The highest BCUT2D eigenvalue weighted by atomic mass is 16.5. The van der Waals surface area contributed by atoms with E-state index in [1.807, 2.05) is 0 Å². The maximum Gasteiger partial charge on any atom is 0.0713 e. The van der Waals surface area contributed by atoms with Crippen molar-refractivity contribution in [3.8, 4) is 0 Å². The van der Waals surface area contributed by atoms with Gasteiger partial charge in [0.05, 0.1) is 6.61 Å². The molecule has 1 saturated carbocycles. The second-order valence-corrected chi connectivity index (χ2v) is 5.64. The predicted octanol–water partition coefficient (Wildman–Crippen LogP) is 4.07. The van der Waals surface area contributed by atoms with E-state index in [1.165, 1.54) is 36.9 Å². The van der Waals surface area contributed by atoms with E-state index in [2.05, 4.69) is 36.5 Å². The lowest BCUT2D eigenvalue weighted by Gasteiger charge is -2.26. The highest BCUT2D eigenvalue weighted by Gasteiger charge is 2.17. The summed E-state index contributed by atoms with van der Waals surface area (Å²) in [5, 5.41) is 3.57. The first-order chi connectivity index (χ1) is 8.78. The molecule has 0 spiro atoms. The molecule has 1 aliphatic carbocycles. The largest absolute Gasteiger partial charge is 0.385 e. The van der Waals surface area contributed by atoms with Gasteiger partial charge in [0, 0.05) is 19.3 Å². The monoisotopic (exact) mass is 247 g/mol. The Morgan fingerprint density at radius 1 is 1.22 bits per heavy atom. The predicted molar refractivity (Wildman–Crippen MR) is 76.8 cm³/mol. The third kappa shape index (κ3) is 4.02. The topological polar surface area (TPSA) is 21.3 Å². The van der Waals surface area contributed by atoms with E-state index in [4.69, 9.17) is 4.74 Å². The fraction of sp³-hybridized carbons (Fsp3) is 0.625. The van der Waals surface area contributed by atoms with Crippen molar-refractivity contribution >= 4 is 5.69 Å². The van der Waals surface area contributed by atoms with E-state index in [0.29, 0.717) is 6.61 Å². The number of anilines is 1. The van der Waals surface area contributed by atoms with Crippen molar-refractivity contribution in [3.05, 3.63) is 29.8 Å². The molecular formula is C16H25NO. The van der Waals surface area contributed by atoms with E-state index in [9.17, 15) is 0 Å². The zero-order chi connectivity index (χ0) is 12.8. The van der Waals surface area contributed by atoms with Crippen LogP contribution in [0.2, 0.25) is 0 Å². The summed E-state index contributed by atoms with van der Waals surface area (Å²) in [5.74, 6) is 1.79. The number of hydrogen-bond acceptors (Lipinski definition) is 2. The highest BCUT2D eigenvalue weighted by Crippen LogP contribution is 2.28. The molecule has 1 aromatic carbocycles. The first-order valence-electron chi connectivity index (χ1n) is 7.09. The minimum Gasteiger partial charge on any atom is -0.385 e. The number of rotatable bonds is 5. The lowest BCUT2D eigenvalue weighted by Crippen LogP contribution is -2.20. The van der Waals surface area contributed by atoms with Gasteiger partial charge in [-0.15, -0.1) is 0 Å². The summed E-state index contributed by atoms with van der Waals surface area (Å²) >= 11 is 0. The second-order valence-electron chi connectivity index (χ2n) is 5.64. The number of benzene rings is 1. The average molecular weight is 247 g/mol. The Labute approximate surface area is 111 Å². The van der Waals surface area contributed by atoms with Crippen LogP contribution in [0.1, 0.15) is 38.2 Å². The smallest absolute Gasteiger partial charge is 0.0713 e. The van der Waals surface area contributed by atoms with Crippen molar-refractivity contribution in [2.24, 2.45) is 11.8 Å². The summed E-state index contributed by atoms with van der Waals surface area (Å²) in [6.07, 6.45) is 5.56. The van der Waals surface area contributed by atoms with Crippen molar-refractivity contribution in [1.29, 1.82) is 0 Å². The minimum atomic E-state index is 0.691. The van der Waals surface area contributed by atoms with Gasteiger partial charge in [0.15, 0.2) is 0 Å². The third-order valence-corrected chi connectivity index (χ3v) is 3.97. The van der Waals surface area contributed by atoms with Crippen molar-refractivity contribution in [1.82, 2.24) is 0 Å². The van der Waals surface area contributed by atoms with Gasteiger partial charge in [0.1, 0.15) is 0 Å². The van der Waals surface area contributed by atoms with E-state index in [0.717, 1.165) is 18.4 Å². The van der Waals surface area contributed by atoms with Gasteiger partial charge in [-0.1, -0.05) is 31.9 Å². The summed E-state index contributed by atoms with van der Waals surface area (Å²) in [7, 11) is 1.74. The maximum absolute atomic E-state index is 5.16. The van der Waals surface area contributed by atoms with Crippen LogP contribution in [-0.4, -0.2) is 13.7 Å². The van der Waals surface area contributed by atoms with Crippen LogP contribution in [0.3, 0.4) is 0 Å². The molecule has 18 heavy (non-hydrogen) atoms. The van der Waals surface area contributed by atoms with Gasteiger partial charge in [0.25, 0.3) is 0 Å². The summed E-state index contributed by atoms with van der Waals surface area (Å²) in [6.45, 7) is 4.18. The summed E-state index contributed by atoms with van der Waals surface area (Å²) in [6, 6.07) is 8.54. The molecule has 0 unspecified atom stereocenters. The maximum atomic E-state index is 5.16. The zero-order valence-electron chi connectivity index (χ0n) is 11.6. The van der Waals surface area contributed by atoms with Gasteiger partial charge >= 0.3 is 0 Å². The molecule has 0 radical (unpaired) electrons. The van der Waals surface area contributed by atoms with Crippen molar-refractivity contribution in [3.63, 3.8) is 0 Å². The number of ether oxygens (including phenoxy) is 1. The lowest BCUT2D eigenvalue weighted by atomic mass is 9.83. The Bertz CT molecular complexity index is 356. The first kappa shape index (κ1) is 13.4. The molecule has 100 valence electrons. The Hall–Kier alpha value is -1.02. The molecular weight excluding hydrogens is 222 g/mol. The summed E-state index contributed by atoms with van der Waals surface area (Å²) in [5.41, 5.74) is 2.46. The Kier molecular flexibility index (Phi) is 5.06. The first-order valence-corrected chi connectivity index (χ1v) is 7.09. The average Bonchev–Trinajstić information content (AvgIpc) is 2.39. The molecule has 2 rings (SSSR count). The Balaban J connectivity index is 1.80. The summed E-state index contributed by atoms with van der Waals surface area (Å²) in [4.78, 5) is 0. The van der Waals surface area contributed by atoms with Gasteiger partial charge in [-0.25, -0.2) is 0 Å². The molecule has 2 heteroatoms.